The van der Waals surface area contributed by atoms with E-state index in [-0.39, 0.29) is 5.56 Å². The van der Waals surface area contributed by atoms with Crippen LogP contribution in [0.25, 0.3) is 16.8 Å². The van der Waals surface area contributed by atoms with Gasteiger partial charge in [-0.25, -0.2) is 0 Å². The second kappa shape index (κ2) is 4.65. The summed E-state index contributed by atoms with van der Waals surface area (Å²) >= 11 is 12.2. The fourth-order valence-electron chi connectivity index (χ4n) is 2.29. The van der Waals surface area contributed by atoms with Crippen molar-refractivity contribution in [1.82, 2.24) is 14.6 Å². The molecule has 3 aromatic rings. The van der Waals surface area contributed by atoms with Crippen molar-refractivity contribution in [3.8, 4) is 11.1 Å². The maximum Gasteiger partial charge on any atom is 0.274 e. The highest BCUT2D eigenvalue weighted by molar-refractivity contribution is 6.36. The number of aromatic nitrogens is 3. The maximum atomic E-state index is 12.0. The van der Waals surface area contributed by atoms with Gasteiger partial charge in [0.05, 0.1) is 10.7 Å². The number of fused-ring (bicyclic) bond motifs is 1. The lowest BCUT2D eigenvalue weighted by Gasteiger charge is -2.05. The Labute approximate surface area is 125 Å². The van der Waals surface area contributed by atoms with Gasteiger partial charge in [0, 0.05) is 27.9 Å². The predicted octanol–water partition coefficient (Wildman–Crippen LogP) is 3.61. The van der Waals surface area contributed by atoms with Gasteiger partial charge in [0.25, 0.3) is 5.56 Å². The highest BCUT2D eigenvalue weighted by Gasteiger charge is 2.16. The minimum atomic E-state index is -0.171. The van der Waals surface area contributed by atoms with Gasteiger partial charge in [-0.05, 0) is 26.0 Å². The summed E-state index contributed by atoms with van der Waals surface area (Å²) in [5, 5.41) is 5.37. The quantitative estimate of drug-likeness (QED) is 0.746. The molecular formula is C14H11Cl2N3O. The van der Waals surface area contributed by atoms with E-state index in [9.17, 15) is 4.79 Å². The molecule has 0 amide bonds. The zero-order valence-corrected chi connectivity index (χ0v) is 12.4. The molecule has 0 spiro atoms. The molecule has 0 saturated heterocycles. The van der Waals surface area contributed by atoms with Crippen LogP contribution in [0.15, 0.2) is 29.1 Å². The van der Waals surface area contributed by atoms with Crippen LogP contribution in [0.5, 0.6) is 0 Å². The molecule has 2 heterocycles. The second-order valence-corrected chi connectivity index (χ2v) is 5.48. The number of hydrogen-bond donors (Lipinski definition) is 1. The van der Waals surface area contributed by atoms with E-state index < -0.39 is 0 Å². The second-order valence-electron chi connectivity index (χ2n) is 4.64. The fourth-order valence-corrected chi connectivity index (χ4v) is 2.79. The van der Waals surface area contributed by atoms with Gasteiger partial charge in [-0.3, -0.25) is 4.79 Å². The van der Waals surface area contributed by atoms with E-state index in [0.717, 1.165) is 22.5 Å². The molecule has 0 aliphatic heterocycles. The third kappa shape index (κ3) is 2.01. The topological polar surface area (TPSA) is 50.2 Å². The lowest BCUT2D eigenvalue weighted by molar-refractivity contribution is 0.873. The molecule has 0 bridgehead atoms. The number of nitrogens with zero attached hydrogens (tertiary/aromatic N) is 2. The number of aromatic amines is 1. The SMILES string of the molecule is Cc1cc(=O)n2nc(C)c(-c3ccc(Cl)cc3Cl)c2[nH]1. The number of rotatable bonds is 1. The molecule has 6 heteroatoms. The van der Waals surface area contributed by atoms with Crippen LogP contribution in [-0.4, -0.2) is 14.6 Å². The van der Waals surface area contributed by atoms with Gasteiger partial charge < -0.3 is 4.98 Å². The molecule has 0 aliphatic carbocycles. The normalized spacial score (nSPS) is 11.2. The molecule has 102 valence electrons. The van der Waals surface area contributed by atoms with Gasteiger partial charge >= 0.3 is 0 Å². The fraction of sp³-hybridized carbons (Fsp3) is 0.143. The number of hydrogen-bond acceptors (Lipinski definition) is 2. The number of benzene rings is 1. The summed E-state index contributed by atoms with van der Waals surface area (Å²) in [5.74, 6) is 0. The van der Waals surface area contributed by atoms with Crippen LogP contribution in [-0.2, 0) is 0 Å². The van der Waals surface area contributed by atoms with Crippen molar-refractivity contribution in [1.29, 1.82) is 0 Å². The first-order valence-electron chi connectivity index (χ1n) is 6.02. The summed E-state index contributed by atoms with van der Waals surface area (Å²) in [6.07, 6.45) is 0. The van der Waals surface area contributed by atoms with Crippen LogP contribution in [0.2, 0.25) is 10.0 Å². The minimum absolute atomic E-state index is 0.171. The van der Waals surface area contributed by atoms with Crippen LogP contribution in [0.1, 0.15) is 11.4 Å². The van der Waals surface area contributed by atoms with Crippen molar-refractivity contribution in [2.75, 3.05) is 0 Å². The molecule has 0 fully saturated rings. The van der Waals surface area contributed by atoms with Crippen LogP contribution in [0, 0.1) is 13.8 Å². The van der Waals surface area contributed by atoms with E-state index in [0.29, 0.717) is 15.7 Å². The molecule has 1 aromatic carbocycles. The summed E-state index contributed by atoms with van der Waals surface area (Å²) in [4.78, 5) is 15.1. The van der Waals surface area contributed by atoms with Crippen LogP contribution in [0.3, 0.4) is 0 Å². The van der Waals surface area contributed by atoms with Gasteiger partial charge in [-0.15, -0.1) is 0 Å². The lowest BCUT2D eigenvalue weighted by Crippen LogP contribution is -2.14. The Hall–Kier alpha value is -1.78. The Morgan fingerprint density at radius 1 is 1.20 bits per heavy atom. The molecule has 0 saturated carbocycles. The van der Waals surface area contributed by atoms with Crippen molar-refractivity contribution in [2.24, 2.45) is 0 Å². The van der Waals surface area contributed by atoms with Crippen LogP contribution in [0.4, 0.5) is 0 Å². The standard InChI is InChI=1S/C14H11Cl2N3O/c1-7-5-12(20)19-14(17-7)13(8(2)18-19)10-4-3-9(15)6-11(10)16/h3-6,17H,1-2H3. The number of nitrogens with one attached hydrogen (secondary N) is 1. The Morgan fingerprint density at radius 2 is 1.95 bits per heavy atom. The van der Waals surface area contributed by atoms with E-state index in [1.807, 2.05) is 19.9 Å². The first-order valence-corrected chi connectivity index (χ1v) is 6.77. The smallest absolute Gasteiger partial charge is 0.274 e. The number of aryl methyl sites for hydroxylation is 2. The average molecular weight is 308 g/mol. The van der Waals surface area contributed by atoms with E-state index in [2.05, 4.69) is 10.1 Å². The van der Waals surface area contributed by atoms with Crippen LogP contribution >= 0.6 is 23.2 Å². The third-order valence-electron chi connectivity index (χ3n) is 3.13. The minimum Gasteiger partial charge on any atom is -0.343 e. The summed E-state index contributed by atoms with van der Waals surface area (Å²) in [5.41, 5.74) is 3.58. The summed E-state index contributed by atoms with van der Waals surface area (Å²) in [6.45, 7) is 3.67. The average Bonchev–Trinajstić information content (AvgIpc) is 2.67. The zero-order valence-electron chi connectivity index (χ0n) is 10.9. The van der Waals surface area contributed by atoms with E-state index in [4.69, 9.17) is 23.2 Å². The summed E-state index contributed by atoms with van der Waals surface area (Å²) in [7, 11) is 0. The number of H-pyrrole nitrogens is 1. The Bertz CT molecular complexity index is 880. The Morgan fingerprint density at radius 3 is 2.65 bits per heavy atom. The Kier molecular flexibility index (Phi) is 3.07. The largest absolute Gasteiger partial charge is 0.343 e. The highest BCUT2D eigenvalue weighted by Crippen LogP contribution is 2.34. The molecule has 4 nitrogen and oxygen atoms in total. The summed E-state index contributed by atoms with van der Waals surface area (Å²) in [6, 6.07) is 6.77. The van der Waals surface area contributed by atoms with Gasteiger partial charge in [-0.2, -0.15) is 9.61 Å². The molecule has 20 heavy (non-hydrogen) atoms. The molecule has 0 atom stereocenters. The molecule has 2 aromatic heterocycles. The van der Waals surface area contributed by atoms with Crippen LogP contribution < -0.4 is 5.56 Å². The molecular weight excluding hydrogens is 297 g/mol. The monoisotopic (exact) mass is 307 g/mol. The van der Waals surface area contributed by atoms with E-state index >= 15 is 0 Å². The predicted molar refractivity (Wildman–Crippen MR) is 80.7 cm³/mol. The van der Waals surface area contributed by atoms with Gasteiger partial charge in [-0.1, -0.05) is 29.3 Å². The summed E-state index contributed by atoms with van der Waals surface area (Å²) < 4.78 is 1.35. The molecule has 0 unspecified atom stereocenters. The third-order valence-corrected chi connectivity index (χ3v) is 3.67. The van der Waals surface area contributed by atoms with Gasteiger partial charge in [0.2, 0.25) is 0 Å². The van der Waals surface area contributed by atoms with Crippen molar-refractivity contribution in [2.45, 2.75) is 13.8 Å². The van der Waals surface area contributed by atoms with Crippen molar-refractivity contribution >= 4 is 28.8 Å². The number of halogens is 2. The van der Waals surface area contributed by atoms with Crippen molar-refractivity contribution < 1.29 is 0 Å². The van der Waals surface area contributed by atoms with E-state index in [1.165, 1.54) is 10.6 Å². The highest BCUT2D eigenvalue weighted by atomic mass is 35.5. The van der Waals surface area contributed by atoms with Gasteiger partial charge in [0.1, 0.15) is 5.65 Å². The first kappa shape index (κ1) is 13.2. The van der Waals surface area contributed by atoms with E-state index in [1.54, 1.807) is 12.1 Å². The molecule has 0 aliphatic rings. The Balaban J connectivity index is 2.42. The first-order chi connectivity index (χ1) is 9.47. The molecule has 0 radical (unpaired) electrons. The van der Waals surface area contributed by atoms with Crippen molar-refractivity contribution in [3.63, 3.8) is 0 Å². The molecule has 3 rings (SSSR count). The zero-order chi connectivity index (χ0) is 14.4. The van der Waals surface area contributed by atoms with Crippen molar-refractivity contribution in [3.05, 3.63) is 56.1 Å². The molecule has 1 N–H and O–H groups in total. The lowest BCUT2D eigenvalue weighted by atomic mass is 10.1. The van der Waals surface area contributed by atoms with Gasteiger partial charge in [0.15, 0.2) is 0 Å². The maximum absolute atomic E-state index is 12.0.